The molecule has 0 fully saturated rings. The van der Waals surface area contributed by atoms with Crippen molar-refractivity contribution < 1.29 is 18.3 Å². The molecule has 3 heterocycles. The van der Waals surface area contributed by atoms with Gasteiger partial charge in [-0.25, -0.2) is 13.4 Å². The Morgan fingerprint density at radius 3 is 2.91 bits per heavy atom. The number of carboxylic acids is 1. The SMILES string of the molecule is CCn1nc(C)cc1S(=O)(=O)N1CCc2[nH]cnc2C1C(=O)O. The van der Waals surface area contributed by atoms with E-state index in [1.54, 1.807) is 13.8 Å². The Morgan fingerprint density at radius 1 is 1.52 bits per heavy atom. The standard InChI is InChI=1S/C13H17N5O4S/c1-3-17-10(6-8(2)16-17)23(21,22)18-5-4-9-11(15-7-14-9)12(18)13(19)20/h6-7,12H,3-5H2,1-2H3,(H,14,15)(H,19,20). The number of aromatic nitrogens is 4. The average molecular weight is 339 g/mol. The number of aromatic amines is 1. The van der Waals surface area contributed by atoms with Crippen LogP contribution in [0.25, 0.3) is 0 Å². The van der Waals surface area contributed by atoms with E-state index in [4.69, 9.17) is 0 Å². The van der Waals surface area contributed by atoms with E-state index < -0.39 is 22.0 Å². The van der Waals surface area contributed by atoms with Crippen LogP contribution in [0.4, 0.5) is 0 Å². The van der Waals surface area contributed by atoms with E-state index in [0.29, 0.717) is 24.4 Å². The van der Waals surface area contributed by atoms with Gasteiger partial charge in [0.05, 0.1) is 17.7 Å². The Kier molecular flexibility index (Phi) is 3.72. The molecule has 0 saturated heterocycles. The molecule has 0 saturated carbocycles. The molecule has 0 aromatic carbocycles. The molecule has 2 N–H and O–H groups in total. The van der Waals surface area contributed by atoms with Crippen LogP contribution >= 0.6 is 0 Å². The Balaban J connectivity index is 2.11. The summed E-state index contributed by atoms with van der Waals surface area (Å²) in [6.45, 7) is 3.92. The van der Waals surface area contributed by atoms with Gasteiger partial charge in [-0.2, -0.15) is 9.40 Å². The molecule has 0 radical (unpaired) electrons. The first-order chi connectivity index (χ1) is 10.9. The van der Waals surface area contributed by atoms with Crippen molar-refractivity contribution in [1.29, 1.82) is 0 Å². The highest BCUT2D eigenvalue weighted by molar-refractivity contribution is 7.89. The van der Waals surface area contributed by atoms with Gasteiger partial charge in [0.2, 0.25) is 0 Å². The number of sulfonamides is 1. The fourth-order valence-corrected chi connectivity index (χ4v) is 4.63. The van der Waals surface area contributed by atoms with Gasteiger partial charge in [-0.15, -0.1) is 0 Å². The molecule has 1 atom stereocenters. The van der Waals surface area contributed by atoms with Crippen molar-refractivity contribution in [3.05, 3.63) is 29.5 Å². The Hall–Kier alpha value is -2.20. The molecule has 0 spiro atoms. The van der Waals surface area contributed by atoms with Crippen molar-refractivity contribution >= 4 is 16.0 Å². The lowest BCUT2D eigenvalue weighted by atomic mass is 10.1. The minimum atomic E-state index is -4.00. The van der Waals surface area contributed by atoms with Crippen molar-refractivity contribution in [2.75, 3.05) is 6.54 Å². The second kappa shape index (κ2) is 5.46. The first-order valence-corrected chi connectivity index (χ1v) is 8.61. The topological polar surface area (TPSA) is 121 Å². The largest absolute Gasteiger partial charge is 0.480 e. The molecule has 1 aliphatic rings. The van der Waals surface area contributed by atoms with E-state index in [2.05, 4.69) is 15.1 Å². The fraction of sp³-hybridized carbons (Fsp3) is 0.462. The number of hydrogen-bond donors (Lipinski definition) is 2. The summed E-state index contributed by atoms with van der Waals surface area (Å²) < 4.78 is 28.3. The maximum Gasteiger partial charge on any atom is 0.328 e. The smallest absolute Gasteiger partial charge is 0.328 e. The molecule has 2 aromatic rings. The maximum atomic E-state index is 13.0. The summed E-state index contributed by atoms with van der Waals surface area (Å²) in [5.41, 5.74) is 1.46. The van der Waals surface area contributed by atoms with E-state index in [1.807, 2.05) is 0 Å². The molecule has 124 valence electrons. The Labute approximate surface area is 133 Å². The van der Waals surface area contributed by atoms with Crippen LogP contribution in [0.15, 0.2) is 17.4 Å². The lowest BCUT2D eigenvalue weighted by Gasteiger charge is -2.31. The van der Waals surface area contributed by atoms with Gasteiger partial charge in [0.1, 0.15) is 0 Å². The number of rotatable bonds is 4. The van der Waals surface area contributed by atoms with Gasteiger partial charge in [0.15, 0.2) is 11.1 Å². The average Bonchev–Trinajstić information content (AvgIpc) is 3.11. The summed E-state index contributed by atoms with van der Waals surface area (Å²) in [5, 5.41) is 13.7. The molecule has 9 nitrogen and oxygen atoms in total. The molecular weight excluding hydrogens is 322 g/mol. The van der Waals surface area contributed by atoms with E-state index in [9.17, 15) is 18.3 Å². The van der Waals surface area contributed by atoms with Gasteiger partial charge < -0.3 is 10.1 Å². The first kappa shape index (κ1) is 15.7. The lowest BCUT2D eigenvalue weighted by Crippen LogP contribution is -2.44. The minimum absolute atomic E-state index is 0.00253. The van der Waals surface area contributed by atoms with Crippen LogP contribution in [0.5, 0.6) is 0 Å². The highest BCUT2D eigenvalue weighted by Gasteiger charge is 2.43. The summed E-state index contributed by atoms with van der Waals surface area (Å²) in [4.78, 5) is 18.5. The van der Waals surface area contributed by atoms with Gasteiger partial charge in [0.25, 0.3) is 10.0 Å². The quantitative estimate of drug-likeness (QED) is 0.827. The zero-order valence-electron chi connectivity index (χ0n) is 12.7. The van der Waals surface area contributed by atoms with Crippen LogP contribution in [-0.4, -0.2) is 50.1 Å². The highest BCUT2D eigenvalue weighted by atomic mass is 32.2. The van der Waals surface area contributed by atoms with Gasteiger partial charge in [-0.1, -0.05) is 0 Å². The summed E-state index contributed by atoms with van der Waals surface area (Å²) in [7, 11) is -4.00. The molecular formula is C13H17N5O4S. The Bertz CT molecular complexity index is 854. The van der Waals surface area contributed by atoms with Crippen LogP contribution in [0.3, 0.4) is 0 Å². The number of fused-ring (bicyclic) bond motifs is 1. The summed E-state index contributed by atoms with van der Waals surface area (Å²) in [6, 6.07) is 0.119. The molecule has 0 bridgehead atoms. The molecule has 2 aromatic heterocycles. The monoisotopic (exact) mass is 339 g/mol. The number of imidazole rings is 1. The van der Waals surface area contributed by atoms with Crippen molar-refractivity contribution in [1.82, 2.24) is 24.1 Å². The molecule has 10 heteroatoms. The number of nitrogens with one attached hydrogen (secondary N) is 1. The third-order valence-corrected chi connectivity index (χ3v) is 5.72. The third-order valence-electron chi connectivity index (χ3n) is 3.85. The van der Waals surface area contributed by atoms with E-state index in [0.717, 1.165) is 4.31 Å². The zero-order chi connectivity index (χ0) is 16.8. The summed E-state index contributed by atoms with van der Waals surface area (Å²) in [6.07, 6.45) is 1.77. The molecule has 1 aliphatic heterocycles. The first-order valence-electron chi connectivity index (χ1n) is 7.17. The predicted molar refractivity (Wildman–Crippen MR) is 79.2 cm³/mol. The van der Waals surface area contributed by atoms with Crippen molar-refractivity contribution in [2.24, 2.45) is 0 Å². The third kappa shape index (κ3) is 2.43. The van der Waals surface area contributed by atoms with Gasteiger partial charge in [-0.05, 0) is 19.9 Å². The fourth-order valence-electron chi connectivity index (χ4n) is 2.83. The van der Waals surface area contributed by atoms with Crippen LogP contribution in [0, 0.1) is 6.92 Å². The number of aryl methyl sites for hydroxylation is 2. The number of H-pyrrole nitrogens is 1. The molecule has 1 unspecified atom stereocenters. The maximum absolute atomic E-state index is 13.0. The zero-order valence-corrected chi connectivity index (χ0v) is 13.5. The predicted octanol–water partition coefficient (Wildman–Crippen LogP) is 0.307. The molecule has 23 heavy (non-hydrogen) atoms. The van der Waals surface area contributed by atoms with Crippen LogP contribution in [-0.2, 0) is 27.8 Å². The van der Waals surface area contributed by atoms with Crippen LogP contribution in [0.2, 0.25) is 0 Å². The second-order valence-corrected chi connectivity index (χ2v) is 7.15. The normalized spacial score (nSPS) is 18.8. The Morgan fingerprint density at radius 2 is 2.26 bits per heavy atom. The molecule has 0 amide bonds. The van der Waals surface area contributed by atoms with E-state index in [-0.39, 0.29) is 17.3 Å². The van der Waals surface area contributed by atoms with Gasteiger partial charge >= 0.3 is 5.97 Å². The lowest BCUT2D eigenvalue weighted by molar-refractivity contribution is -0.142. The van der Waals surface area contributed by atoms with E-state index in [1.165, 1.54) is 17.1 Å². The number of hydrogen-bond acceptors (Lipinski definition) is 5. The van der Waals surface area contributed by atoms with Gasteiger partial charge in [0, 0.05) is 25.2 Å². The minimum Gasteiger partial charge on any atom is -0.480 e. The van der Waals surface area contributed by atoms with Crippen molar-refractivity contribution in [3.63, 3.8) is 0 Å². The number of nitrogens with zero attached hydrogens (tertiary/aromatic N) is 4. The highest BCUT2D eigenvalue weighted by Crippen LogP contribution is 2.32. The van der Waals surface area contributed by atoms with E-state index >= 15 is 0 Å². The van der Waals surface area contributed by atoms with Crippen LogP contribution < -0.4 is 0 Å². The van der Waals surface area contributed by atoms with Crippen molar-refractivity contribution in [3.8, 4) is 0 Å². The molecule has 3 rings (SSSR count). The summed E-state index contributed by atoms with van der Waals surface area (Å²) in [5.74, 6) is -1.25. The number of carbonyl (C=O) groups is 1. The second-order valence-electron chi connectivity index (χ2n) is 5.31. The van der Waals surface area contributed by atoms with Crippen molar-refractivity contribution in [2.45, 2.75) is 37.9 Å². The number of carboxylic acid groups (broad SMARTS) is 1. The summed E-state index contributed by atoms with van der Waals surface area (Å²) >= 11 is 0. The van der Waals surface area contributed by atoms with Crippen LogP contribution in [0.1, 0.15) is 30.0 Å². The molecule has 0 aliphatic carbocycles. The number of aliphatic carboxylic acids is 1. The van der Waals surface area contributed by atoms with Gasteiger partial charge in [-0.3, -0.25) is 9.48 Å².